The lowest BCUT2D eigenvalue weighted by atomic mass is 9.84. The lowest BCUT2D eigenvalue weighted by Crippen LogP contribution is -2.45. The minimum Gasteiger partial charge on any atom is -0.448 e. The van der Waals surface area contributed by atoms with E-state index in [-0.39, 0.29) is 17.5 Å². The lowest BCUT2D eigenvalue weighted by Gasteiger charge is -2.29. The van der Waals surface area contributed by atoms with Gasteiger partial charge in [0, 0.05) is 19.0 Å². The predicted molar refractivity (Wildman–Crippen MR) is 118 cm³/mol. The van der Waals surface area contributed by atoms with Gasteiger partial charge in [0.1, 0.15) is 15.5 Å². The molecule has 0 unspecified atom stereocenters. The van der Waals surface area contributed by atoms with Crippen LogP contribution >= 0.6 is 11.3 Å². The monoisotopic (exact) mass is 443 g/mol. The highest BCUT2D eigenvalue weighted by Crippen LogP contribution is 2.49. The summed E-state index contributed by atoms with van der Waals surface area (Å²) in [5, 5.41) is 3.56. The van der Waals surface area contributed by atoms with Crippen LogP contribution in [-0.4, -0.2) is 33.6 Å². The number of fused-ring (bicyclic) bond motifs is 4. The Bertz CT molecular complexity index is 1120. The van der Waals surface area contributed by atoms with Crippen LogP contribution in [0.25, 0.3) is 10.2 Å². The van der Waals surface area contributed by atoms with Crippen LogP contribution in [0.3, 0.4) is 0 Å². The Morgan fingerprint density at radius 3 is 2.77 bits per heavy atom. The topological polar surface area (TPSA) is 90.3 Å². The quantitative estimate of drug-likeness (QED) is 0.717. The molecule has 1 aliphatic heterocycles. The number of nitrogens with zero attached hydrogens (tertiary/aromatic N) is 2. The molecule has 2 saturated carbocycles. The van der Waals surface area contributed by atoms with Crippen molar-refractivity contribution < 1.29 is 14.3 Å². The highest BCUT2D eigenvalue weighted by molar-refractivity contribution is 7.20. The van der Waals surface area contributed by atoms with Gasteiger partial charge in [0.05, 0.1) is 5.39 Å². The summed E-state index contributed by atoms with van der Waals surface area (Å²) in [7, 11) is 0. The molecule has 3 aliphatic rings. The second-order valence-corrected chi connectivity index (χ2v) is 10.5. The van der Waals surface area contributed by atoms with E-state index in [1.54, 1.807) is 18.4 Å². The van der Waals surface area contributed by atoms with Crippen molar-refractivity contribution in [1.29, 1.82) is 0 Å². The first-order chi connectivity index (χ1) is 14.8. The Kier molecular flexibility index (Phi) is 5.15. The summed E-state index contributed by atoms with van der Waals surface area (Å²) in [5.41, 5.74) is 0.503. The highest BCUT2D eigenvalue weighted by Gasteiger charge is 2.42. The van der Waals surface area contributed by atoms with E-state index in [4.69, 9.17) is 4.74 Å². The molecule has 0 aromatic carbocycles. The number of carbonyl (C=O) groups excluding carboxylic acids is 2. The summed E-state index contributed by atoms with van der Waals surface area (Å²) < 4.78 is 7.20. The first kappa shape index (κ1) is 20.7. The summed E-state index contributed by atoms with van der Waals surface area (Å²) in [6.45, 7) is 6.09. The zero-order valence-electron chi connectivity index (χ0n) is 18.3. The molecule has 5 atom stereocenters. The molecule has 1 N–H and O–H groups in total. The van der Waals surface area contributed by atoms with Gasteiger partial charge in [0.25, 0.3) is 11.5 Å². The second-order valence-electron chi connectivity index (χ2n) is 9.51. The van der Waals surface area contributed by atoms with Crippen molar-refractivity contribution in [3.05, 3.63) is 26.6 Å². The molecular formula is C23H29N3O4S. The fraction of sp³-hybridized carbons (Fsp3) is 0.652. The molecule has 7 nitrogen and oxygen atoms in total. The summed E-state index contributed by atoms with van der Waals surface area (Å²) in [4.78, 5) is 43.9. The summed E-state index contributed by atoms with van der Waals surface area (Å²) in [6.07, 6.45) is 5.87. The zero-order chi connectivity index (χ0) is 21.9. The Labute approximate surface area is 185 Å². The van der Waals surface area contributed by atoms with E-state index >= 15 is 0 Å². The van der Waals surface area contributed by atoms with E-state index in [0.29, 0.717) is 39.0 Å². The van der Waals surface area contributed by atoms with E-state index < -0.39 is 12.1 Å². The second kappa shape index (κ2) is 7.73. The molecule has 2 bridgehead atoms. The molecule has 8 heteroatoms. The molecule has 2 aromatic rings. The number of aryl methyl sites for hydroxylation is 2. The highest BCUT2D eigenvalue weighted by atomic mass is 32.1. The lowest BCUT2D eigenvalue weighted by molar-refractivity contribution is -0.130. The fourth-order valence-electron chi connectivity index (χ4n) is 5.89. The molecule has 2 aliphatic carbocycles. The maximum atomic E-state index is 12.8. The van der Waals surface area contributed by atoms with Gasteiger partial charge in [-0.15, -0.1) is 11.3 Å². The van der Waals surface area contributed by atoms with E-state index in [9.17, 15) is 14.4 Å². The van der Waals surface area contributed by atoms with Crippen LogP contribution in [0.4, 0.5) is 0 Å². The predicted octanol–water partition coefficient (Wildman–Crippen LogP) is 3.20. The van der Waals surface area contributed by atoms with Crippen LogP contribution in [0.1, 0.15) is 67.0 Å². The van der Waals surface area contributed by atoms with Crippen LogP contribution in [0.5, 0.6) is 0 Å². The standard InChI is InChI=1S/C23H29N3O4S/c1-11-18-21(25-17-5-4-8-26(17)22(18)28)31-19(11)23(29)30-13(3)20(27)24-12(2)16-10-14-6-7-15(16)9-14/h12-16H,4-10H2,1-3H3,(H,24,27)/t12-,13-,14+,15+,16+/m1/s1. The third-order valence-corrected chi connectivity index (χ3v) is 8.72. The number of hydrogen-bond donors (Lipinski definition) is 1. The van der Waals surface area contributed by atoms with E-state index in [1.807, 2.05) is 0 Å². The molecule has 31 heavy (non-hydrogen) atoms. The molecule has 3 heterocycles. The Morgan fingerprint density at radius 1 is 1.26 bits per heavy atom. The van der Waals surface area contributed by atoms with Crippen LogP contribution in [-0.2, 0) is 22.5 Å². The third-order valence-electron chi connectivity index (χ3n) is 7.55. The minimum atomic E-state index is -0.891. The number of esters is 1. The Balaban J connectivity index is 1.28. The Hall–Kier alpha value is -2.22. The van der Waals surface area contributed by atoms with Crippen molar-refractivity contribution in [3.63, 3.8) is 0 Å². The van der Waals surface area contributed by atoms with E-state index in [1.165, 1.54) is 37.0 Å². The van der Waals surface area contributed by atoms with Crippen LogP contribution in [0, 0.1) is 24.7 Å². The largest absolute Gasteiger partial charge is 0.448 e. The smallest absolute Gasteiger partial charge is 0.349 e. The Morgan fingerprint density at radius 2 is 2.06 bits per heavy atom. The molecule has 0 spiro atoms. The molecule has 1 amide bonds. The van der Waals surface area contributed by atoms with Gasteiger partial charge >= 0.3 is 5.97 Å². The maximum absolute atomic E-state index is 12.8. The van der Waals surface area contributed by atoms with Crippen LogP contribution < -0.4 is 10.9 Å². The normalized spacial score (nSPS) is 26.1. The minimum absolute atomic E-state index is 0.0849. The number of amides is 1. The van der Waals surface area contributed by atoms with Gasteiger partial charge in [-0.3, -0.25) is 14.2 Å². The maximum Gasteiger partial charge on any atom is 0.349 e. The SMILES string of the molecule is Cc1c(C(=O)O[C@H](C)C(=O)N[C@H](C)[C@@H]2C[C@H]3CC[C@H]2C3)sc2nc3n(c(=O)c12)CCC3. The molecule has 2 aromatic heterocycles. The van der Waals surface area contributed by atoms with Gasteiger partial charge < -0.3 is 10.1 Å². The first-order valence-corrected chi connectivity index (χ1v) is 12.2. The number of ether oxygens (including phenoxy) is 1. The summed E-state index contributed by atoms with van der Waals surface area (Å²) >= 11 is 1.18. The summed E-state index contributed by atoms with van der Waals surface area (Å²) in [6, 6.07) is 0.0849. The fourth-order valence-corrected chi connectivity index (χ4v) is 6.97. The number of nitrogens with one attached hydrogen (secondary N) is 1. The molecule has 5 rings (SSSR count). The van der Waals surface area contributed by atoms with Crippen LogP contribution in [0.2, 0.25) is 0 Å². The summed E-state index contributed by atoms with van der Waals surface area (Å²) in [5.74, 6) is 2.00. The average molecular weight is 444 g/mol. The van der Waals surface area contributed by atoms with Gasteiger partial charge in [0.15, 0.2) is 6.10 Å². The molecule has 0 radical (unpaired) electrons. The van der Waals surface area contributed by atoms with Crippen molar-refractivity contribution in [2.75, 3.05) is 0 Å². The number of hydrogen-bond acceptors (Lipinski definition) is 6. The van der Waals surface area contributed by atoms with Gasteiger partial charge in [-0.05, 0) is 69.8 Å². The molecule has 0 saturated heterocycles. The first-order valence-electron chi connectivity index (χ1n) is 11.4. The van der Waals surface area contributed by atoms with E-state index in [0.717, 1.165) is 24.6 Å². The van der Waals surface area contributed by atoms with Crippen molar-refractivity contribution >= 4 is 33.4 Å². The number of aromatic nitrogens is 2. The number of thiophene rings is 1. The van der Waals surface area contributed by atoms with Crippen molar-refractivity contribution in [3.8, 4) is 0 Å². The zero-order valence-corrected chi connectivity index (χ0v) is 19.1. The number of carbonyl (C=O) groups is 2. The third kappa shape index (κ3) is 3.49. The number of rotatable bonds is 5. The van der Waals surface area contributed by atoms with E-state index in [2.05, 4.69) is 17.2 Å². The molecule has 166 valence electrons. The molecule has 2 fully saturated rings. The van der Waals surface area contributed by atoms with Gasteiger partial charge in [-0.2, -0.15) is 0 Å². The van der Waals surface area contributed by atoms with Gasteiger partial charge in [-0.1, -0.05) is 6.42 Å². The average Bonchev–Trinajstić information content (AvgIpc) is 3.51. The van der Waals surface area contributed by atoms with Crippen molar-refractivity contribution in [2.45, 2.75) is 78.0 Å². The van der Waals surface area contributed by atoms with Gasteiger partial charge in [-0.25, -0.2) is 9.78 Å². The molecular weight excluding hydrogens is 414 g/mol. The van der Waals surface area contributed by atoms with Gasteiger partial charge in [0.2, 0.25) is 0 Å². The van der Waals surface area contributed by atoms with Crippen LogP contribution in [0.15, 0.2) is 4.79 Å². The van der Waals surface area contributed by atoms with Crippen molar-refractivity contribution in [1.82, 2.24) is 14.9 Å². The van der Waals surface area contributed by atoms with Crippen molar-refractivity contribution in [2.24, 2.45) is 17.8 Å².